The van der Waals surface area contributed by atoms with Crippen molar-refractivity contribution in [2.24, 2.45) is 21.2 Å². The van der Waals surface area contributed by atoms with Gasteiger partial charge in [-0.25, -0.2) is 4.99 Å². The van der Waals surface area contributed by atoms with Crippen LogP contribution in [0.5, 0.6) is 0 Å². The van der Waals surface area contributed by atoms with Crippen LogP contribution >= 0.6 is 0 Å². The fourth-order valence-electron chi connectivity index (χ4n) is 4.26. The SMILES string of the molecule is CC(C)(C)CC(N(C1=C[N+]2=C(C(C)(C)C)C=CC2N=C1)C(C)(C)C)C(C)(C)C. The minimum atomic E-state index is 0.00291. The molecule has 0 radical (unpaired) electrons. The van der Waals surface area contributed by atoms with Crippen molar-refractivity contribution < 1.29 is 4.58 Å². The van der Waals surface area contributed by atoms with Crippen molar-refractivity contribution in [2.45, 2.75) is 107 Å². The summed E-state index contributed by atoms with van der Waals surface area (Å²) >= 11 is 0. The van der Waals surface area contributed by atoms with E-state index in [4.69, 9.17) is 4.99 Å². The minimum absolute atomic E-state index is 0.00291. The van der Waals surface area contributed by atoms with E-state index in [0.29, 0.717) is 6.04 Å². The molecule has 2 rings (SSSR count). The highest BCUT2D eigenvalue weighted by Crippen LogP contribution is 2.40. The first kappa shape index (κ1) is 22.9. The van der Waals surface area contributed by atoms with E-state index in [0.717, 1.165) is 6.42 Å². The van der Waals surface area contributed by atoms with E-state index >= 15 is 0 Å². The number of rotatable bonds is 3. The van der Waals surface area contributed by atoms with E-state index in [9.17, 15) is 0 Å². The zero-order valence-electron chi connectivity index (χ0n) is 20.5. The number of aliphatic imine (C=N–C) groups is 1. The Bertz CT molecular complexity index is 707. The van der Waals surface area contributed by atoms with Gasteiger partial charge < -0.3 is 4.90 Å². The van der Waals surface area contributed by atoms with E-state index in [1.807, 2.05) is 0 Å². The summed E-state index contributed by atoms with van der Waals surface area (Å²) in [5.41, 5.74) is 3.08. The minimum Gasteiger partial charge on any atom is -0.357 e. The number of fused-ring (bicyclic) bond motifs is 1. The van der Waals surface area contributed by atoms with E-state index < -0.39 is 0 Å². The topological polar surface area (TPSA) is 18.6 Å². The molecule has 2 atom stereocenters. The second-order valence-corrected chi connectivity index (χ2v) is 12.8. The maximum absolute atomic E-state index is 4.92. The lowest BCUT2D eigenvalue weighted by Gasteiger charge is -2.50. The number of hydrogen-bond acceptors (Lipinski definition) is 2. The normalized spacial score (nSPS) is 21.7. The maximum Gasteiger partial charge on any atom is 0.271 e. The molecule has 0 aliphatic carbocycles. The van der Waals surface area contributed by atoms with E-state index in [1.54, 1.807) is 0 Å². The average Bonchev–Trinajstić information content (AvgIpc) is 2.85. The molecule has 3 nitrogen and oxygen atoms in total. The molecule has 28 heavy (non-hydrogen) atoms. The number of hydrogen-bond donors (Lipinski definition) is 0. The zero-order valence-corrected chi connectivity index (χ0v) is 20.5. The summed E-state index contributed by atoms with van der Waals surface area (Å²) in [5.74, 6) is 0. The molecule has 2 aliphatic rings. The van der Waals surface area contributed by atoms with Crippen LogP contribution in [-0.4, -0.2) is 39.1 Å². The molecular weight excluding hydrogens is 342 g/mol. The van der Waals surface area contributed by atoms with Gasteiger partial charge >= 0.3 is 0 Å². The van der Waals surface area contributed by atoms with Crippen LogP contribution in [0.2, 0.25) is 0 Å². The highest BCUT2D eigenvalue weighted by Gasteiger charge is 2.42. The van der Waals surface area contributed by atoms with Crippen LogP contribution in [0.3, 0.4) is 0 Å². The molecule has 0 amide bonds. The second kappa shape index (κ2) is 7.15. The molecule has 0 fully saturated rings. The summed E-state index contributed by atoms with van der Waals surface area (Å²) < 4.78 is 2.37. The lowest BCUT2D eigenvalue weighted by atomic mass is 9.74. The van der Waals surface area contributed by atoms with Crippen molar-refractivity contribution in [1.29, 1.82) is 0 Å². The van der Waals surface area contributed by atoms with Gasteiger partial charge in [-0.2, -0.15) is 4.58 Å². The lowest BCUT2D eigenvalue weighted by Crippen LogP contribution is -2.54. The average molecular weight is 387 g/mol. The van der Waals surface area contributed by atoms with Crippen LogP contribution in [0.15, 0.2) is 29.0 Å². The summed E-state index contributed by atoms with van der Waals surface area (Å²) in [6.07, 6.45) is 10.1. The van der Waals surface area contributed by atoms with E-state index in [1.165, 1.54) is 11.4 Å². The van der Waals surface area contributed by atoms with Crippen molar-refractivity contribution in [2.75, 3.05) is 0 Å². The molecule has 158 valence electrons. The van der Waals surface area contributed by atoms with Crippen molar-refractivity contribution in [3.8, 4) is 0 Å². The number of nitrogens with zero attached hydrogens (tertiary/aromatic N) is 3. The Morgan fingerprint density at radius 2 is 1.54 bits per heavy atom. The first-order chi connectivity index (χ1) is 12.4. The molecule has 0 aromatic carbocycles. The quantitative estimate of drug-likeness (QED) is 0.524. The summed E-state index contributed by atoms with van der Waals surface area (Å²) in [5, 5.41) is 0. The molecular formula is C25H44N3+. The first-order valence-corrected chi connectivity index (χ1v) is 10.8. The molecule has 2 unspecified atom stereocenters. The molecule has 2 aliphatic heterocycles. The molecule has 0 saturated carbocycles. The van der Waals surface area contributed by atoms with Gasteiger partial charge in [0.2, 0.25) is 0 Å². The predicted octanol–water partition coefficient (Wildman–Crippen LogP) is 6.26. The molecule has 0 aromatic heterocycles. The fourth-order valence-corrected chi connectivity index (χ4v) is 4.26. The first-order valence-electron chi connectivity index (χ1n) is 10.8. The van der Waals surface area contributed by atoms with Gasteiger partial charge in [0.15, 0.2) is 11.9 Å². The Kier molecular flexibility index (Phi) is 5.84. The zero-order chi connectivity index (χ0) is 21.7. The Balaban J connectivity index is 2.59. The number of allylic oxidation sites excluding steroid dienone is 2. The second-order valence-electron chi connectivity index (χ2n) is 12.8. The predicted molar refractivity (Wildman–Crippen MR) is 123 cm³/mol. The van der Waals surface area contributed by atoms with Crippen molar-refractivity contribution in [1.82, 2.24) is 4.90 Å². The third-order valence-electron chi connectivity index (χ3n) is 5.51. The van der Waals surface area contributed by atoms with Gasteiger partial charge in [0.25, 0.3) is 6.17 Å². The Hall–Kier alpha value is -1.38. The Morgan fingerprint density at radius 1 is 0.964 bits per heavy atom. The third kappa shape index (κ3) is 5.15. The summed E-state index contributed by atoms with van der Waals surface area (Å²) in [6, 6.07) is 0.412. The van der Waals surface area contributed by atoms with Crippen LogP contribution in [0.4, 0.5) is 0 Å². The Labute approximate surface area is 174 Å². The fraction of sp³-hybridized carbons (Fsp3) is 0.760. The van der Waals surface area contributed by atoms with E-state index in [2.05, 4.69) is 117 Å². The van der Waals surface area contributed by atoms with Crippen molar-refractivity contribution in [3.63, 3.8) is 0 Å². The highest BCUT2D eigenvalue weighted by atomic mass is 15.3. The largest absolute Gasteiger partial charge is 0.357 e. The molecule has 0 N–H and O–H groups in total. The van der Waals surface area contributed by atoms with Crippen LogP contribution in [0.1, 0.15) is 89.5 Å². The molecule has 0 saturated heterocycles. The molecule has 0 spiro atoms. The van der Waals surface area contributed by atoms with Crippen LogP contribution in [0, 0.1) is 16.2 Å². The van der Waals surface area contributed by atoms with Gasteiger partial charge in [-0.15, -0.1) is 0 Å². The Morgan fingerprint density at radius 3 is 1.96 bits per heavy atom. The summed E-state index contributed by atoms with van der Waals surface area (Å²) in [4.78, 5) is 7.54. The molecule has 3 heteroatoms. The van der Waals surface area contributed by atoms with E-state index in [-0.39, 0.29) is 27.9 Å². The van der Waals surface area contributed by atoms with Gasteiger partial charge in [-0.05, 0) is 38.0 Å². The maximum atomic E-state index is 4.92. The van der Waals surface area contributed by atoms with Crippen LogP contribution < -0.4 is 0 Å². The van der Waals surface area contributed by atoms with Gasteiger partial charge in [-0.3, -0.25) is 0 Å². The van der Waals surface area contributed by atoms with Crippen LogP contribution in [0.25, 0.3) is 0 Å². The molecule has 0 bridgehead atoms. The van der Waals surface area contributed by atoms with Crippen LogP contribution in [-0.2, 0) is 0 Å². The molecule has 2 heterocycles. The van der Waals surface area contributed by atoms with Crippen molar-refractivity contribution in [3.05, 3.63) is 24.0 Å². The molecule has 0 aromatic rings. The standard InChI is InChI=1S/C25H44N3/c1-22(2,3)15-20(24(7,8)9)28(25(10,11)12)18-16-26-21-14-13-19(23(4,5)6)27(21)17-18/h13-14,16-17,20-21H,15H2,1-12H3/q+1. The monoisotopic (exact) mass is 386 g/mol. The van der Waals surface area contributed by atoms with Gasteiger partial charge in [0.1, 0.15) is 5.70 Å². The van der Waals surface area contributed by atoms with Gasteiger partial charge in [-0.1, -0.05) is 62.3 Å². The lowest BCUT2D eigenvalue weighted by molar-refractivity contribution is -0.486. The highest BCUT2D eigenvalue weighted by molar-refractivity contribution is 5.97. The van der Waals surface area contributed by atoms with Gasteiger partial charge in [0.05, 0.1) is 6.21 Å². The van der Waals surface area contributed by atoms with Crippen molar-refractivity contribution >= 4 is 11.9 Å². The third-order valence-corrected chi connectivity index (χ3v) is 5.51. The summed E-state index contributed by atoms with van der Waals surface area (Å²) in [6.45, 7) is 28.0. The van der Waals surface area contributed by atoms with Gasteiger partial charge in [0, 0.05) is 29.1 Å². The summed E-state index contributed by atoms with van der Waals surface area (Å²) in [7, 11) is 0. The smallest absolute Gasteiger partial charge is 0.271 e.